The summed E-state index contributed by atoms with van der Waals surface area (Å²) in [6.45, 7) is 2.59. The van der Waals surface area contributed by atoms with E-state index in [2.05, 4.69) is 28.2 Å². The lowest BCUT2D eigenvalue weighted by molar-refractivity contribution is 0.0948. The Hall–Kier alpha value is -0.610. The van der Waals surface area contributed by atoms with E-state index < -0.39 is 5.82 Å². The first-order chi connectivity index (χ1) is 8.56. The van der Waals surface area contributed by atoms with Crippen molar-refractivity contribution in [2.45, 2.75) is 19.8 Å². The molecule has 0 spiro atoms. The van der Waals surface area contributed by atoms with Gasteiger partial charge in [-0.25, -0.2) is 4.39 Å². The Morgan fingerprint density at radius 1 is 1.56 bits per heavy atom. The van der Waals surface area contributed by atoms with E-state index in [0.29, 0.717) is 22.8 Å². The van der Waals surface area contributed by atoms with Crippen molar-refractivity contribution in [1.29, 1.82) is 0 Å². The maximum Gasteiger partial charge on any atom is 0.254 e. The first-order valence-electron chi connectivity index (χ1n) is 5.84. The summed E-state index contributed by atoms with van der Waals surface area (Å²) < 4.78 is 13.9. The van der Waals surface area contributed by atoms with Crippen molar-refractivity contribution < 1.29 is 9.18 Å². The molecule has 0 aliphatic heterocycles. The molecule has 1 N–H and O–H groups in total. The number of alkyl halides is 1. The van der Waals surface area contributed by atoms with Gasteiger partial charge in [0.2, 0.25) is 0 Å². The molecule has 0 saturated carbocycles. The summed E-state index contributed by atoms with van der Waals surface area (Å²) in [5.74, 6) is 0.149. The molecular formula is C13H16BrClFNO. The van der Waals surface area contributed by atoms with E-state index >= 15 is 0 Å². The van der Waals surface area contributed by atoms with E-state index in [1.807, 2.05) is 0 Å². The Balaban J connectivity index is 2.44. The Labute approximate surface area is 120 Å². The van der Waals surface area contributed by atoms with Crippen LogP contribution in [-0.4, -0.2) is 18.3 Å². The highest BCUT2D eigenvalue weighted by Crippen LogP contribution is 2.18. The van der Waals surface area contributed by atoms with Crippen molar-refractivity contribution in [1.82, 2.24) is 5.32 Å². The van der Waals surface area contributed by atoms with Crippen molar-refractivity contribution >= 4 is 33.4 Å². The van der Waals surface area contributed by atoms with Crippen LogP contribution in [0, 0.1) is 11.7 Å². The molecule has 1 unspecified atom stereocenters. The van der Waals surface area contributed by atoms with Gasteiger partial charge in [0.1, 0.15) is 5.82 Å². The van der Waals surface area contributed by atoms with E-state index in [-0.39, 0.29) is 11.5 Å². The quantitative estimate of drug-likeness (QED) is 0.618. The topological polar surface area (TPSA) is 29.1 Å². The number of carbonyl (C=O) groups is 1. The molecule has 18 heavy (non-hydrogen) atoms. The number of amides is 1. The molecule has 1 aromatic rings. The van der Waals surface area contributed by atoms with Crippen molar-refractivity contribution in [2.24, 2.45) is 5.92 Å². The molecule has 2 nitrogen and oxygen atoms in total. The fraction of sp³-hybridized carbons (Fsp3) is 0.462. The minimum absolute atomic E-state index is 0.0646. The van der Waals surface area contributed by atoms with Gasteiger partial charge in [0, 0.05) is 12.4 Å². The van der Waals surface area contributed by atoms with Crippen LogP contribution in [0.25, 0.3) is 0 Å². The summed E-state index contributed by atoms with van der Waals surface area (Å²) in [7, 11) is 0. The van der Waals surface area contributed by atoms with Gasteiger partial charge < -0.3 is 5.32 Å². The molecule has 1 amide bonds. The third-order valence-electron chi connectivity index (χ3n) is 2.62. The zero-order chi connectivity index (χ0) is 13.5. The number of nitrogens with one attached hydrogen (secondary N) is 1. The SMILES string of the molecule is CC(CCl)CCCNC(=O)c1cccc(Br)c1F. The van der Waals surface area contributed by atoms with Crippen LogP contribution in [0.1, 0.15) is 30.1 Å². The maximum absolute atomic E-state index is 13.6. The third kappa shape index (κ3) is 4.58. The van der Waals surface area contributed by atoms with Gasteiger partial charge in [0.25, 0.3) is 5.91 Å². The zero-order valence-electron chi connectivity index (χ0n) is 10.2. The monoisotopic (exact) mass is 335 g/mol. The molecule has 0 saturated heterocycles. The standard InChI is InChI=1S/C13H16BrClFNO/c1-9(8-15)4-3-7-17-13(18)10-5-2-6-11(14)12(10)16/h2,5-6,9H,3-4,7-8H2,1H3,(H,17,18). The minimum atomic E-state index is -0.524. The molecule has 0 fully saturated rings. The van der Waals surface area contributed by atoms with Crippen LogP contribution in [-0.2, 0) is 0 Å². The van der Waals surface area contributed by atoms with E-state index in [0.717, 1.165) is 12.8 Å². The molecule has 0 aliphatic carbocycles. The second kappa shape index (κ2) is 7.74. The third-order valence-corrected chi connectivity index (χ3v) is 3.76. The molecule has 0 radical (unpaired) electrons. The highest BCUT2D eigenvalue weighted by Gasteiger charge is 2.13. The van der Waals surface area contributed by atoms with Crippen LogP contribution in [0.2, 0.25) is 0 Å². The van der Waals surface area contributed by atoms with Crippen LogP contribution in [0.4, 0.5) is 4.39 Å². The first kappa shape index (κ1) is 15.4. The lowest BCUT2D eigenvalue weighted by Crippen LogP contribution is -2.25. The Morgan fingerprint density at radius 3 is 2.94 bits per heavy atom. The fourth-order valence-corrected chi connectivity index (χ4v) is 2.02. The number of rotatable bonds is 6. The summed E-state index contributed by atoms with van der Waals surface area (Å²) in [6.07, 6.45) is 1.79. The van der Waals surface area contributed by atoms with E-state index in [4.69, 9.17) is 11.6 Å². The van der Waals surface area contributed by atoms with E-state index in [1.165, 1.54) is 6.07 Å². The zero-order valence-corrected chi connectivity index (χ0v) is 12.5. The molecule has 0 heterocycles. The highest BCUT2D eigenvalue weighted by atomic mass is 79.9. The van der Waals surface area contributed by atoms with Crippen LogP contribution in [0.15, 0.2) is 22.7 Å². The average molecular weight is 337 g/mol. The molecule has 5 heteroatoms. The predicted molar refractivity (Wildman–Crippen MR) is 75.6 cm³/mol. The second-order valence-corrected chi connectivity index (χ2v) is 5.42. The van der Waals surface area contributed by atoms with Crippen LogP contribution < -0.4 is 5.32 Å². The molecule has 0 aromatic heterocycles. The second-order valence-electron chi connectivity index (χ2n) is 4.26. The first-order valence-corrected chi connectivity index (χ1v) is 7.17. The highest BCUT2D eigenvalue weighted by molar-refractivity contribution is 9.10. The van der Waals surface area contributed by atoms with Gasteiger partial charge in [-0.2, -0.15) is 0 Å². The molecule has 0 bridgehead atoms. The molecule has 1 atom stereocenters. The number of carbonyl (C=O) groups excluding carboxylic acids is 1. The van der Waals surface area contributed by atoms with Gasteiger partial charge in [-0.05, 0) is 46.8 Å². The van der Waals surface area contributed by atoms with E-state index in [1.54, 1.807) is 12.1 Å². The Morgan fingerprint density at radius 2 is 2.28 bits per heavy atom. The summed E-state index contributed by atoms with van der Waals surface area (Å²) in [6, 6.07) is 4.67. The van der Waals surface area contributed by atoms with Crippen molar-refractivity contribution in [3.8, 4) is 0 Å². The summed E-state index contributed by atoms with van der Waals surface area (Å²) in [4.78, 5) is 11.7. The van der Waals surface area contributed by atoms with Crippen LogP contribution in [0.5, 0.6) is 0 Å². The maximum atomic E-state index is 13.6. The normalized spacial score (nSPS) is 12.2. The average Bonchev–Trinajstić information content (AvgIpc) is 2.37. The Kier molecular flexibility index (Phi) is 6.65. The summed E-state index contributed by atoms with van der Waals surface area (Å²) in [5.41, 5.74) is 0.0646. The summed E-state index contributed by atoms with van der Waals surface area (Å²) in [5, 5.41) is 2.70. The molecule has 1 rings (SSSR count). The Bertz CT molecular complexity index is 414. The van der Waals surface area contributed by atoms with Gasteiger partial charge >= 0.3 is 0 Å². The summed E-state index contributed by atoms with van der Waals surface area (Å²) >= 11 is 8.74. The number of benzene rings is 1. The number of hydrogen-bond acceptors (Lipinski definition) is 1. The molecular weight excluding hydrogens is 321 g/mol. The molecule has 1 aromatic carbocycles. The van der Waals surface area contributed by atoms with Gasteiger partial charge in [-0.3, -0.25) is 4.79 Å². The number of hydrogen-bond donors (Lipinski definition) is 1. The van der Waals surface area contributed by atoms with Crippen LogP contribution >= 0.6 is 27.5 Å². The molecule has 100 valence electrons. The van der Waals surface area contributed by atoms with Gasteiger partial charge in [-0.15, -0.1) is 11.6 Å². The van der Waals surface area contributed by atoms with Gasteiger partial charge in [0.05, 0.1) is 10.0 Å². The van der Waals surface area contributed by atoms with Gasteiger partial charge in [-0.1, -0.05) is 13.0 Å². The minimum Gasteiger partial charge on any atom is -0.352 e. The predicted octanol–water partition coefficient (Wildman–Crippen LogP) is 3.97. The van der Waals surface area contributed by atoms with E-state index in [9.17, 15) is 9.18 Å². The fourth-order valence-electron chi connectivity index (χ4n) is 1.50. The lowest BCUT2D eigenvalue weighted by atomic mass is 10.1. The smallest absolute Gasteiger partial charge is 0.254 e. The van der Waals surface area contributed by atoms with Gasteiger partial charge in [0.15, 0.2) is 0 Å². The number of halogens is 3. The lowest BCUT2D eigenvalue weighted by Gasteiger charge is -2.09. The van der Waals surface area contributed by atoms with Crippen molar-refractivity contribution in [3.05, 3.63) is 34.1 Å². The van der Waals surface area contributed by atoms with Crippen molar-refractivity contribution in [3.63, 3.8) is 0 Å². The van der Waals surface area contributed by atoms with Crippen molar-refractivity contribution in [2.75, 3.05) is 12.4 Å². The largest absolute Gasteiger partial charge is 0.352 e. The molecule has 0 aliphatic rings. The van der Waals surface area contributed by atoms with Crippen LogP contribution in [0.3, 0.4) is 0 Å².